The minimum atomic E-state index is -0.143. The topological polar surface area (TPSA) is 63.9 Å². The molecule has 0 spiro atoms. The molecule has 1 atom stereocenters. The van der Waals surface area contributed by atoms with Gasteiger partial charge in [0, 0.05) is 12.6 Å². The average molecular weight is 366 g/mol. The maximum absolute atomic E-state index is 13.0. The van der Waals surface area contributed by atoms with E-state index >= 15 is 0 Å². The molecule has 1 unspecified atom stereocenters. The molecule has 0 aromatic carbocycles. The van der Waals surface area contributed by atoms with Crippen molar-refractivity contribution >= 4 is 17.7 Å². The Labute approximate surface area is 155 Å². The van der Waals surface area contributed by atoms with E-state index in [1.165, 1.54) is 50.3 Å². The highest BCUT2D eigenvalue weighted by atomic mass is 32.2. The molecule has 0 N–H and O–H groups in total. The van der Waals surface area contributed by atoms with Gasteiger partial charge in [-0.1, -0.05) is 50.3 Å². The van der Waals surface area contributed by atoms with Gasteiger partial charge in [0.05, 0.1) is 11.3 Å². The Morgan fingerprint density at radius 3 is 2.44 bits per heavy atom. The first-order valence-corrected chi connectivity index (χ1v) is 10.8. The number of aromatic nitrogens is 4. The van der Waals surface area contributed by atoms with Gasteiger partial charge in [-0.15, -0.1) is 5.10 Å². The van der Waals surface area contributed by atoms with Crippen LogP contribution in [0.5, 0.6) is 0 Å². The Hall–Kier alpha value is -1.11. The molecular formula is C18H31N5OS. The number of tetrazole rings is 1. The van der Waals surface area contributed by atoms with E-state index in [0.29, 0.717) is 12.1 Å². The highest BCUT2D eigenvalue weighted by molar-refractivity contribution is 8.00. The highest BCUT2D eigenvalue weighted by Crippen LogP contribution is 2.32. The quantitative estimate of drug-likeness (QED) is 0.717. The third-order valence-electron chi connectivity index (χ3n) is 5.65. The number of rotatable bonds is 6. The van der Waals surface area contributed by atoms with Crippen LogP contribution in [0.3, 0.4) is 0 Å². The highest BCUT2D eigenvalue weighted by Gasteiger charge is 2.30. The van der Waals surface area contributed by atoms with Gasteiger partial charge in [-0.05, 0) is 50.0 Å². The second-order valence-electron chi connectivity index (χ2n) is 7.37. The van der Waals surface area contributed by atoms with Crippen LogP contribution in [0.15, 0.2) is 5.16 Å². The summed E-state index contributed by atoms with van der Waals surface area (Å²) in [6.07, 6.45) is 12.2. The lowest BCUT2D eigenvalue weighted by molar-refractivity contribution is -0.133. The Balaban J connectivity index is 1.63. The van der Waals surface area contributed by atoms with Gasteiger partial charge in [0.25, 0.3) is 0 Å². The first-order valence-electron chi connectivity index (χ1n) is 9.95. The zero-order valence-corrected chi connectivity index (χ0v) is 16.4. The summed E-state index contributed by atoms with van der Waals surface area (Å²) >= 11 is 1.52. The van der Waals surface area contributed by atoms with Gasteiger partial charge < -0.3 is 4.90 Å². The number of hydrogen-bond acceptors (Lipinski definition) is 5. The van der Waals surface area contributed by atoms with Gasteiger partial charge in [-0.2, -0.15) is 0 Å². The molecule has 25 heavy (non-hydrogen) atoms. The van der Waals surface area contributed by atoms with E-state index in [9.17, 15) is 4.79 Å². The smallest absolute Gasteiger partial charge is 0.236 e. The first kappa shape index (κ1) is 18.7. The molecule has 7 heteroatoms. The van der Waals surface area contributed by atoms with Crippen LogP contribution in [0.25, 0.3) is 0 Å². The van der Waals surface area contributed by atoms with Crippen LogP contribution in [0.2, 0.25) is 0 Å². The number of carbonyl (C=O) groups excluding carboxylic acids is 1. The van der Waals surface area contributed by atoms with Crippen molar-refractivity contribution in [3.05, 3.63) is 0 Å². The molecule has 0 saturated heterocycles. The number of hydrogen-bond donors (Lipinski definition) is 0. The molecule has 3 rings (SSSR count). The summed E-state index contributed by atoms with van der Waals surface area (Å²) in [6, 6.07) is 0.817. The van der Waals surface area contributed by atoms with Crippen LogP contribution in [0.1, 0.15) is 84.1 Å². The summed E-state index contributed by atoms with van der Waals surface area (Å²) in [5, 5.41) is 13.0. The molecule has 1 amide bonds. The average Bonchev–Trinajstić information content (AvgIpc) is 3.12. The molecule has 2 aliphatic rings. The molecule has 2 aliphatic carbocycles. The van der Waals surface area contributed by atoms with Crippen molar-refractivity contribution in [1.82, 2.24) is 25.1 Å². The van der Waals surface area contributed by atoms with Gasteiger partial charge in [0.15, 0.2) is 0 Å². The number of nitrogens with zero attached hydrogens (tertiary/aromatic N) is 5. The van der Waals surface area contributed by atoms with Crippen LogP contribution in [-0.4, -0.2) is 48.9 Å². The molecule has 1 aromatic heterocycles. The predicted octanol–water partition coefficient (Wildman–Crippen LogP) is 3.84. The second-order valence-corrected chi connectivity index (χ2v) is 8.68. The van der Waals surface area contributed by atoms with Crippen LogP contribution in [0.4, 0.5) is 0 Å². The van der Waals surface area contributed by atoms with E-state index in [4.69, 9.17) is 0 Å². The van der Waals surface area contributed by atoms with Crippen LogP contribution < -0.4 is 0 Å². The van der Waals surface area contributed by atoms with Crippen LogP contribution in [0, 0.1) is 0 Å². The lowest BCUT2D eigenvalue weighted by Gasteiger charge is -2.35. The maximum Gasteiger partial charge on any atom is 0.236 e. The number of amides is 1. The van der Waals surface area contributed by atoms with Gasteiger partial charge in [-0.25, -0.2) is 4.68 Å². The molecule has 1 heterocycles. The molecule has 0 aliphatic heterocycles. The largest absolute Gasteiger partial charge is 0.339 e. The fourth-order valence-electron chi connectivity index (χ4n) is 4.25. The zero-order chi connectivity index (χ0) is 17.6. The monoisotopic (exact) mass is 365 g/mol. The summed E-state index contributed by atoms with van der Waals surface area (Å²) in [5.41, 5.74) is 0. The predicted molar refractivity (Wildman–Crippen MR) is 99.5 cm³/mol. The van der Waals surface area contributed by atoms with E-state index in [1.807, 2.05) is 11.6 Å². The van der Waals surface area contributed by atoms with Crippen molar-refractivity contribution in [2.24, 2.45) is 0 Å². The summed E-state index contributed by atoms with van der Waals surface area (Å²) < 4.78 is 1.96. The summed E-state index contributed by atoms with van der Waals surface area (Å²) in [5.74, 6) is 0.234. The van der Waals surface area contributed by atoms with Crippen molar-refractivity contribution in [3.8, 4) is 0 Å². The molecule has 0 bridgehead atoms. The van der Waals surface area contributed by atoms with Crippen molar-refractivity contribution in [3.63, 3.8) is 0 Å². The maximum atomic E-state index is 13.0. The summed E-state index contributed by atoms with van der Waals surface area (Å²) in [4.78, 5) is 15.1. The van der Waals surface area contributed by atoms with E-state index in [2.05, 4.69) is 27.3 Å². The lowest BCUT2D eigenvalue weighted by atomic mass is 9.94. The van der Waals surface area contributed by atoms with Crippen molar-refractivity contribution in [1.29, 1.82) is 0 Å². The molecule has 0 radical (unpaired) electrons. The Bertz CT molecular complexity index is 551. The van der Waals surface area contributed by atoms with Gasteiger partial charge in [-0.3, -0.25) is 4.79 Å². The molecule has 2 fully saturated rings. The minimum Gasteiger partial charge on any atom is -0.339 e. The van der Waals surface area contributed by atoms with Crippen LogP contribution in [-0.2, 0) is 4.79 Å². The van der Waals surface area contributed by atoms with Crippen molar-refractivity contribution < 1.29 is 4.79 Å². The number of carbonyl (C=O) groups is 1. The zero-order valence-electron chi connectivity index (χ0n) is 15.6. The molecular weight excluding hydrogens is 334 g/mol. The molecule has 140 valence electrons. The fourth-order valence-corrected chi connectivity index (χ4v) is 5.18. The van der Waals surface area contributed by atoms with Crippen LogP contribution >= 0.6 is 11.8 Å². The SMILES string of the molecule is CCN(C(=O)C(C)Sc1nnnn1C1CCCCC1)C1CCCCC1. The van der Waals surface area contributed by atoms with E-state index < -0.39 is 0 Å². The third-order valence-corrected chi connectivity index (χ3v) is 6.69. The first-order chi connectivity index (χ1) is 12.2. The normalized spacial score (nSPS) is 21.2. The molecule has 2 saturated carbocycles. The standard InChI is InChI=1S/C18H31N5OS/c1-3-22(15-10-6-4-7-11-15)17(24)14(2)25-18-19-20-21-23(18)16-12-8-5-9-13-16/h14-16H,3-13H2,1-2H3. The fraction of sp³-hybridized carbons (Fsp3) is 0.889. The Morgan fingerprint density at radius 1 is 1.16 bits per heavy atom. The Morgan fingerprint density at radius 2 is 1.80 bits per heavy atom. The lowest BCUT2D eigenvalue weighted by Crippen LogP contribution is -2.44. The molecule has 1 aromatic rings. The second kappa shape index (κ2) is 9.01. The third kappa shape index (κ3) is 4.54. The van der Waals surface area contributed by atoms with E-state index in [0.717, 1.165) is 37.4 Å². The van der Waals surface area contributed by atoms with Crippen molar-refractivity contribution in [2.75, 3.05) is 6.54 Å². The van der Waals surface area contributed by atoms with E-state index in [1.54, 1.807) is 0 Å². The van der Waals surface area contributed by atoms with Crippen molar-refractivity contribution in [2.45, 2.75) is 101 Å². The van der Waals surface area contributed by atoms with Gasteiger partial charge in [0.2, 0.25) is 11.1 Å². The van der Waals surface area contributed by atoms with Gasteiger partial charge >= 0.3 is 0 Å². The van der Waals surface area contributed by atoms with Gasteiger partial charge in [0.1, 0.15) is 0 Å². The summed E-state index contributed by atoms with van der Waals surface area (Å²) in [6.45, 7) is 4.89. The summed E-state index contributed by atoms with van der Waals surface area (Å²) in [7, 11) is 0. The number of thioether (sulfide) groups is 1. The molecule has 6 nitrogen and oxygen atoms in total. The minimum absolute atomic E-state index is 0.143. The van der Waals surface area contributed by atoms with E-state index in [-0.39, 0.29) is 11.2 Å². The Kier molecular flexibility index (Phi) is 6.73.